The third-order valence-corrected chi connectivity index (χ3v) is 6.69. The zero-order valence-electron chi connectivity index (χ0n) is 18.0. The average molecular weight is 411 g/mol. The summed E-state index contributed by atoms with van der Waals surface area (Å²) < 4.78 is 2.31. The topological polar surface area (TPSA) is 28.4 Å². The second kappa shape index (κ2) is 8.70. The number of para-hydroxylation sites is 2. The summed E-state index contributed by atoms with van der Waals surface area (Å²) in [6.45, 7) is 2.95. The van der Waals surface area contributed by atoms with Crippen molar-refractivity contribution in [3.63, 3.8) is 0 Å². The van der Waals surface area contributed by atoms with Gasteiger partial charge >= 0.3 is 0 Å². The molecule has 0 amide bonds. The number of aliphatic hydroxyl groups is 1. The number of fused-ring (bicyclic) bond motifs is 1. The van der Waals surface area contributed by atoms with Gasteiger partial charge in [-0.25, -0.2) is 0 Å². The zero-order chi connectivity index (χ0) is 21.1. The number of likely N-dealkylation sites (tertiary alicyclic amines) is 1. The Morgan fingerprint density at radius 3 is 2.16 bits per heavy atom. The van der Waals surface area contributed by atoms with Crippen molar-refractivity contribution in [1.82, 2.24) is 9.47 Å². The fourth-order valence-electron chi connectivity index (χ4n) is 4.88. The quantitative estimate of drug-likeness (QED) is 0.471. The predicted molar refractivity (Wildman–Crippen MR) is 128 cm³/mol. The summed E-state index contributed by atoms with van der Waals surface area (Å²) in [6, 6.07) is 29.6. The Kier molecular flexibility index (Phi) is 5.63. The maximum atomic E-state index is 11.1. The molecule has 0 saturated carbocycles. The molecule has 3 heteroatoms. The molecule has 1 aromatic heterocycles. The van der Waals surface area contributed by atoms with Crippen LogP contribution < -0.4 is 0 Å². The van der Waals surface area contributed by atoms with E-state index < -0.39 is 5.60 Å². The molecule has 0 spiro atoms. The highest BCUT2D eigenvalue weighted by molar-refractivity contribution is 5.85. The van der Waals surface area contributed by atoms with Crippen molar-refractivity contribution in [3.05, 3.63) is 102 Å². The average Bonchev–Trinajstić information content (AvgIpc) is 3.19. The van der Waals surface area contributed by atoms with Crippen molar-refractivity contribution in [2.24, 2.45) is 0 Å². The van der Waals surface area contributed by atoms with Crippen LogP contribution in [0.4, 0.5) is 0 Å². The van der Waals surface area contributed by atoms with Crippen molar-refractivity contribution in [1.29, 1.82) is 0 Å². The van der Waals surface area contributed by atoms with Crippen molar-refractivity contribution < 1.29 is 5.11 Å². The Balaban J connectivity index is 1.25. The lowest BCUT2D eigenvalue weighted by Gasteiger charge is -2.38. The maximum absolute atomic E-state index is 11.1. The number of hydrogen-bond donors (Lipinski definition) is 1. The van der Waals surface area contributed by atoms with E-state index in [0.717, 1.165) is 45.3 Å². The molecule has 1 fully saturated rings. The largest absolute Gasteiger partial charge is 0.389 e. The lowest BCUT2D eigenvalue weighted by Crippen LogP contribution is -2.46. The van der Waals surface area contributed by atoms with E-state index in [1.807, 2.05) is 6.07 Å². The fourth-order valence-corrected chi connectivity index (χ4v) is 4.88. The number of nitrogens with zero attached hydrogens (tertiary/aromatic N) is 2. The van der Waals surface area contributed by atoms with Crippen LogP contribution in [0.15, 0.2) is 91.1 Å². The molecule has 1 aliphatic heterocycles. The highest BCUT2D eigenvalue weighted by Crippen LogP contribution is 2.28. The maximum Gasteiger partial charge on any atom is 0.0712 e. The van der Waals surface area contributed by atoms with Gasteiger partial charge in [0.1, 0.15) is 0 Å². The van der Waals surface area contributed by atoms with Crippen LogP contribution in [0.2, 0.25) is 0 Å². The van der Waals surface area contributed by atoms with Gasteiger partial charge < -0.3 is 14.6 Å². The predicted octanol–water partition coefficient (Wildman–Crippen LogP) is 5.24. The molecule has 1 saturated heterocycles. The van der Waals surface area contributed by atoms with Gasteiger partial charge in [-0.2, -0.15) is 0 Å². The monoisotopic (exact) mass is 410 g/mol. The summed E-state index contributed by atoms with van der Waals surface area (Å²) in [5, 5.41) is 12.4. The number of benzene rings is 3. The Hall–Kier alpha value is -2.88. The van der Waals surface area contributed by atoms with Crippen LogP contribution in [-0.2, 0) is 12.8 Å². The zero-order valence-corrected chi connectivity index (χ0v) is 18.0. The molecule has 3 nitrogen and oxygen atoms in total. The standard InChI is InChI=1S/C28H30N2O/c31-28(21-23-9-3-1-4-10-23)16-19-29(20-17-28)18-15-24-22-30(25-11-5-2-6-12-25)27-14-8-7-13-26(24)27/h1-14,22,31H,15-21H2. The molecule has 31 heavy (non-hydrogen) atoms. The number of aromatic nitrogens is 1. The van der Waals surface area contributed by atoms with Gasteiger partial charge in [-0.15, -0.1) is 0 Å². The molecule has 158 valence electrons. The van der Waals surface area contributed by atoms with Crippen LogP contribution in [0.5, 0.6) is 0 Å². The molecule has 0 unspecified atom stereocenters. The lowest BCUT2D eigenvalue weighted by molar-refractivity contribution is -0.0202. The van der Waals surface area contributed by atoms with Gasteiger partial charge in [0.2, 0.25) is 0 Å². The normalized spacial score (nSPS) is 16.5. The number of rotatable bonds is 6. The molecule has 1 N–H and O–H groups in total. The van der Waals surface area contributed by atoms with E-state index in [2.05, 4.69) is 94.5 Å². The third-order valence-electron chi connectivity index (χ3n) is 6.69. The van der Waals surface area contributed by atoms with Crippen molar-refractivity contribution in [2.45, 2.75) is 31.3 Å². The SMILES string of the molecule is OC1(Cc2ccccc2)CCN(CCc2cn(-c3ccccc3)c3ccccc23)CC1. The van der Waals surface area contributed by atoms with Gasteiger partial charge in [-0.3, -0.25) is 0 Å². The summed E-state index contributed by atoms with van der Waals surface area (Å²) in [5.41, 5.74) is 4.52. The molecule has 3 aromatic carbocycles. The first-order valence-corrected chi connectivity index (χ1v) is 11.3. The van der Waals surface area contributed by atoms with Crippen LogP contribution >= 0.6 is 0 Å². The van der Waals surface area contributed by atoms with E-state index in [4.69, 9.17) is 0 Å². The molecule has 1 aliphatic rings. The van der Waals surface area contributed by atoms with Crippen molar-refractivity contribution >= 4 is 10.9 Å². The van der Waals surface area contributed by atoms with Gasteiger partial charge in [0, 0.05) is 43.3 Å². The third kappa shape index (κ3) is 4.43. The highest BCUT2D eigenvalue weighted by atomic mass is 16.3. The molecule has 4 aromatic rings. The highest BCUT2D eigenvalue weighted by Gasteiger charge is 2.32. The number of hydrogen-bond acceptors (Lipinski definition) is 2. The van der Waals surface area contributed by atoms with Crippen LogP contribution in [-0.4, -0.2) is 39.8 Å². The van der Waals surface area contributed by atoms with Crippen molar-refractivity contribution in [2.75, 3.05) is 19.6 Å². The minimum atomic E-state index is -0.568. The van der Waals surface area contributed by atoms with Crippen molar-refractivity contribution in [3.8, 4) is 5.69 Å². The first kappa shape index (κ1) is 20.0. The second-order valence-corrected chi connectivity index (χ2v) is 8.86. The van der Waals surface area contributed by atoms with Crippen LogP contribution in [0, 0.1) is 0 Å². The Labute approximate surface area is 184 Å². The van der Waals surface area contributed by atoms with Crippen LogP contribution in [0.1, 0.15) is 24.0 Å². The molecule has 0 bridgehead atoms. The Morgan fingerprint density at radius 1 is 0.774 bits per heavy atom. The minimum Gasteiger partial charge on any atom is -0.389 e. The van der Waals surface area contributed by atoms with E-state index in [9.17, 15) is 5.11 Å². The summed E-state index contributed by atoms with van der Waals surface area (Å²) in [5.74, 6) is 0. The van der Waals surface area contributed by atoms with Crippen LogP contribution in [0.25, 0.3) is 16.6 Å². The second-order valence-electron chi connectivity index (χ2n) is 8.86. The van der Waals surface area contributed by atoms with E-state index in [1.165, 1.54) is 27.7 Å². The van der Waals surface area contributed by atoms with Gasteiger partial charge in [0.15, 0.2) is 0 Å². The molecule has 0 radical (unpaired) electrons. The minimum absolute atomic E-state index is 0.568. The summed E-state index contributed by atoms with van der Waals surface area (Å²) in [6.07, 6.45) is 5.76. The van der Waals surface area contributed by atoms with Gasteiger partial charge in [-0.05, 0) is 48.6 Å². The van der Waals surface area contributed by atoms with Gasteiger partial charge in [0.05, 0.1) is 11.1 Å². The Morgan fingerprint density at radius 2 is 1.42 bits per heavy atom. The lowest BCUT2D eigenvalue weighted by atomic mass is 9.85. The summed E-state index contributed by atoms with van der Waals surface area (Å²) in [4.78, 5) is 2.51. The molecular weight excluding hydrogens is 380 g/mol. The smallest absolute Gasteiger partial charge is 0.0712 e. The molecule has 0 aliphatic carbocycles. The van der Waals surface area contributed by atoms with E-state index in [1.54, 1.807) is 0 Å². The molecule has 0 atom stereocenters. The Bertz CT molecular complexity index is 1130. The first-order valence-electron chi connectivity index (χ1n) is 11.3. The van der Waals surface area contributed by atoms with Gasteiger partial charge in [0.25, 0.3) is 0 Å². The molecule has 5 rings (SSSR count). The molecular formula is C28H30N2O. The number of piperidine rings is 1. The summed E-state index contributed by atoms with van der Waals surface area (Å²) in [7, 11) is 0. The summed E-state index contributed by atoms with van der Waals surface area (Å²) >= 11 is 0. The van der Waals surface area contributed by atoms with E-state index >= 15 is 0 Å². The molecule has 2 heterocycles. The van der Waals surface area contributed by atoms with E-state index in [-0.39, 0.29) is 0 Å². The first-order chi connectivity index (χ1) is 15.2. The van der Waals surface area contributed by atoms with Gasteiger partial charge in [-0.1, -0.05) is 66.7 Å². The van der Waals surface area contributed by atoms with E-state index in [0.29, 0.717) is 0 Å². The fraction of sp³-hybridized carbons (Fsp3) is 0.286. The van der Waals surface area contributed by atoms with Crippen LogP contribution in [0.3, 0.4) is 0 Å².